The molecule has 1 unspecified atom stereocenters. The number of hydrogen-bond donors (Lipinski definition) is 2. The summed E-state index contributed by atoms with van der Waals surface area (Å²) in [6.45, 7) is 0.920. The fraction of sp³-hybridized carbons (Fsp3) is 0.500. The zero-order valence-electron chi connectivity index (χ0n) is 8.73. The van der Waals surface area contributed by atoms with Gasteiger partial charge in [-0.25, -0.2) is 4.98 Å². The van der Waals surface area contributed by atoms with Crippen LogP contribution in [0.4, 0.5) is 0 Å². The first-order valence-electron chi connectivity index (χ1n) is 5.18. The summed E-state index contributed by atoms with van der Waals surface area (Å²) in [5.74, 6) is -0.0724. The molecule has 2 heterocycles. The molecule has 0 saturated carbocycles. The number of carbonyl (C=O) groups excluding carboxylic acids is 2. The largest absolute Gasteiger partial charge is 0.355 e. The predicted molar refractivity (Wildman–Crippen MR) is 59.7 cm³/mol. The van der Waals surface area contributed by atoms with Gasteiger partial charge >= 0.3 is 0 Å². The first kappa shape index (κ1) is 11.1. The van der Waals surface area contributed by atoms with E-state index in [-0.39, 0.29) is 17.7 Å². The summed E-state index contributed by atoms with van der Waals surface area (Å²) in [6, 6.07) is 0. The van der Waals surface area contributed by atoms with Crippen LogP contribution in [0, 0.1) is 5.92 Å². The van der Waals surface area contributed by atoms with Crippen LogP contribution in [0.5, 0.6) is 0 Å². The van der Waals surface area contributed by atoms with E-state index in [4.69, 9.17) is 0 Å². The normalized spacial score (nSPS) is 20.2. The molecule has 5 nitrogen and oxygen atoms in total. The van der Waals surface area contributed by atoms with Gasteiger partial charge in [-0.15, -0.1) is 11.3 Å². The third-order valence-electron chi connectivity index (χ3n) is 2.53. The van der Waals surface area contributed by atoms with Crippen molar-refractivity contribution in [2.24, 2.45) is 5.92 Å². The van der Waals surface area contributed by atoms with Gasteiger partial charge in [0.15, 0.2) is 0 Å². The highest BCUT2D eigenvalue weighted by molar-refractivity contribution is 7.09. The second kappa shape index (κ2) is 5.07. The summed E-state index contributed by atoms with van der Waals surface area (Å²) in [7, 11) is 0. The van der Waals surface area contributed by atoms with Gasteiger partial charge in [0.05, 0.1) is 12.5 Å². The summed E-state index contributed by atoms with van der Waals surface area (Å²) in [5.41, 5.74) is 0. The second-order valence-electron chi connectivity index (χ2n) is 3.68. The number of carbonyl (C=O) groups is 2. The minimum atomic E-state index is -0.0994. The van der Waals surface area contributed by atoms with Crippen molar-refractivity contribution in [1.29, 1.82) is 0 Å². The molecule has 0 aliphatic carbocycles. The van der Waals surface area contributed by atoms with Gasteiger partial charge < -0.3 is 10.6 Å². The quantitative estimate of drug-likeness (QED) is 0.796. The molecule has 1 aliphatic heterocycles. The van der Waals surface area contributed by atoms with Crippen molar-refractivity contribution in [3.05, 3.63) is 16.6 Å². The molecule has 2 N–H and O–H groups in total. The zero-order valence-corrected chi connectivity index (χ0v) is 9.55. The number of rotatable bonds is 3. The van der Waals surface area contributed by atoms with Gasteiger partial charge in [-0.05, 0) is 6.42 Å². The third kappa shape index (κ3) is 2.79. The number of nitrogens with zero attached hydrogens (tertiary/aromatic N) is 1. The van der Waals surface area contributed by atoms with Crippen LogP contribution in [0.2, 0.25) is 0 Å². The lowest BCUT2D eigenvalue weighted by Crippen LogP contribution is -2.42. The highest BCUT2D eigenvalue weighted by atomic mass is 32.1. The molecule has 86 valence electrons. The van der Waals surface area contributed by atoms with E-state index in [0.29, 0.717) is 25.9 Å². The van der Waals surface area contributed by atoms with Crippen molar-refractivity contribution in [2.75, 3.05) is 6.54 Å². The molecule has 0 spiro atoms. The molecule has 1 aromatic rings. The van der Waals surface area contributed by atoms with Crippen molar-refractivity contribution >= 4 is 23.2 Å². The molecule has 0 bridgehead atoms. The van der Waals surface area contributed by atoms with E-state index in [2.05, 4.69) is 15.6 Å². The van der Waals surface area contributed by atoms with Crippen molar-refractivity contribution in [3.63, 3.8) is 0 Å². The van der Waals surface area contributed by atoms with Crippen LogP contribution >= 0.6 is 11.3 Å². The van der Waals surface area contributed by atoms with Gasteiger partial charge in [0.1, 0.15) is 5.01 Å². The SMILES string of the molecule is O=C1CCC(C(=O)NCc2nccs2)CN1. The Hall–Kier alpha value is -1.43. The van der Waals surface area contributed by atoms with Crippen molar-refractivity contribution in [1.82, 2.24) is 15.6 Å². The molecule has 1 atom stereocenters. The van der Waals surface area contributed by atoms with E-state index in [1.54, 1.807) is 6.20 Å². The van der Waals surface area contributed by atoms with Gasteiger partial charge in [-0.1, -0.05) is 0 Å². The molecule has 1 aliphatic rings. The Morgan fingerprint density at radius 1 is 1.69 bits per heavy atom. The summed E-state index contributed by atoms with van der Waals surface area (Å²) >= 11 is 1.52. The fourth-order valence-electron chi connectivity index (χ4n) is 1.60. The van der Waals surface area contributed by atoms with Gasteiger partial charge in [-0.3, -0.25) is 9.59 Å². The Kier molecular flexibility index (Phi) is 3.51. The Balaban J connectivity index is 1.77. The number of thiazole rings is 1. The van der Waals surface area contributed by atoms with Crippen LogP contribution < -0.4 is 10.6 Å². The molecule has 2 amide bonds. The Bertz CT molecular complexity index is 367. The van der Waals surface area contributed by atoms with E-state index in [1.807, 2.05) is 5.38 Å². The van der Waals surface area contributed by atoms with Gasteiger partial charge in [0, 0.05) is 24.5 Å². The molecule has 1 saturated heterocycles. The average Bonchev–Trinajstić information content (AvgIpc) is 2.80. The third-order valence-corrected chi connectivity index (χ3v) is 3.31. The number of aromatic nitrogens is 1. The van der Waals surface area contributed by atoms with Gasteiger partial charge in [-0.2, -0.15) is 0 Å². The minimum absolute atomic E-state index is 0.00444. The van der Waals surface area contributed by atoms with Gasteiger partial charge in [0.2, 0.25) is 11.8 Å². The average molecular weight is 239 g/mol. The molecule has 6 heteroatoms. The second-order valence-corrected chi connectivity index (χ2v) is 4.66. The molecule has 0 aromatic carbocycles. The van der Waals surface area contributed by atoms with Crippen LogP contribution in [0.3, 0.4) is 0 Å². The van der Waals surface area contributed by atoms with Crippen LogP contribution in [0.1, 0.15) is 17.8 Å². The van der Waals surface area contributed by atoms with Crippen molar-refractivity contribution in [3.8, 4) is 0 Å². The van der Waals surface area contributed by atoms with Crippen LogP contribution in [-0.4, -0.2) is 23.3 Å². The van der Waals surface area contributed by atoms with Crippen LogP contribution in [0.15, 0.2) is 11.6 Å². The van der Waals surface area contributed by atoms with Crippen LogP contribution in [0.25, 0.3) is 0 Å². The van der Waals surface area contributed by atoms with Crippen LogP contribution in [-0.2, 0) is 16.1 Å². The lowest BCUT2D eigenvalue weighted by atomic mass is 9.98. The number of hydrogen-bond acceptors (Lipinski definition) is 4. The molecule has 16 heavy (non-hydrogen) atoms. The topological polar surface area (TPSA) is 71.1 Å². The Morgan fingerprint density at radius 2 is 2.56 bits per heavy atom. The maximum atomic E-state index is 11.7. The Morgan fingerprint density at radius 3 is 3.19 bits per heavy atom. The summed E-state index contributed by atoms with van der Waals surface area (Å²) in [5, 5.41) is 8.29. The number of nitrogens with one attached hydrogen (secondary N) is 2. The molecular formula is C10H13N3O2S. The molecule has 2 rings (SSSR count). The first-order chi connectivity index (χ1) is 7.75. The van der Waals surface area contributed by atoms with E-state index >= 15 is 0 Å². The molecule has 0 radical (unpaired) electrons. The standard InChI is InChI=1S/C10H13N3O2S/c14-8-2-1-7(5-12-8)10(15)13-6-9-11-3-4-16-9/h3-4,7H,1-2,5-6H2,(H,12,14)(H,13,15). The number of piperidine rings is 1. The van der Waals surface area contributed by atoms with E-state index in [1.165, 1.54) is 11.3 Å². The molecule has 1 fully saturated rings. The number of amides is 2. The molecular weight excluding hydrogens is 226 g/mol. The summed E-state index contributed by atoms with van der Waals surface area (Å²) in [4.78, 5) is 26.7. The smallest absolute Gasteiger partial charge is 0.225 e. The lowest BCUT2D eigenvalue weighted by molar-refractivity contribution is -0.129. The van der Waals surface area contributed by atoms with Gasteiger partial charge in [0.25, 0.3) is 0 Å². The maximum Gasteiger partial charge on any atom is 0.225 e. The minimum Gasteiger partial charge on any atom is -0.355 e. The first-order valence-corrected chi connectivity index (χ1v) is 6.06. The summed E-state index contributed by atoms with van der Waals surface area (Å²) < 4.78 is 0. The molecule has 1 aromatic heterocycles. The van der Waals surface area contributed by atoms with E-state index < -0.39 is 0 Å². The lowest BCUT2D eigenvalue weighted by Gasteiger charge is -2.21. The highest BCUT2D eigenvalue weighted by Gasteiger charge is 2.24. The highest BCUT2D eigenvalue weighted by Crippen LogP contribution is 2.11. The van der Waals surface area contributed by atoms with E-state index in [0.717, 1.165) is 5.01 Å². The maximum absolute atomic E-state index is 11.7. The Labute approximate surface area is 97.3 Å². The van der Waals surface area contributed by atoms with E-state index in [9.17, 15) is 9.59 Å². The summed E-state index contributed by atoms with van der Waals surface area (Å²) in [6.07, 6.45) is 2.79. The van der Waals surface area contributed by atoms with Crippen molar-refractivity contribution < 1.29 is 9.59 Å². The van der Waals surface area contributed by atoms with Crippen molar-refractivity contribution in [2.45, 2.75) is 19.4 Å². The monoisotopic (exact) mass is 239 g/mol. The predicted octanol–water partition coefficient (Wildman–Crippen LogP) is 0.285. The zero-order chi connectivity index (χ0) is 11.4. The fourth-order valence-corrected chi connectivity index (χ4v) is 2.16.